The molecule has 6 nitrogen and oxygen atoms in total. The van der Waals surface area contributed by atoms with Gasteiger partial charge in [-0.3, -0.25) is 9.59 Å². The van der Waals surface area contributed by atoms with E-state index < -0.39 is 0 Å². The molecule has 7 aromatic rings. The zero-order valence-corrected chi connectivity index (χ0v) is 24.3. The predicted octanol–water partition coefficient (Wildman–Crippen LogP) is 8.66. The molecule has 0 fully saturated rings. The largest absolute Gasteiger partial charge is 0.308 e. The number of anilines is 1. The maximum absolute atomic E-state index is 14.2. The van der Waals surface area contributed by atoms with Gasteiger partial charge >= 0.3 is 0 Å². The summed E-state index contributed by atoms with van der Waals surface area (Å²) >= 11 is 0. The molecule has 6 heteroatoms. The van der Waals surface area contributed by atoms with Gasteiger partial charge < -0.3 is 4.57 Å². The van der Waals surface area contributed by atoms with E-state index in [1.54, 1.807) is 24.3 Å². The molecule has 1 aliphatic heterocycles. The van der Waals surface area contributed by atoms with E-state index in [-0.39, 0.29) is 11.8 Å². The monoisotopic (exact) mass is 590 g/mol. The zero-order valence-electron chi connectivity index (χ0n) is 24.3. The molecule has 8 rings (SSSR count). The van der Waals surface area contributed by atoms with Gasteiger partial charge in [0.2, 0.25) is 0 Å². The normalized spacial score (nSPS) is 12.3. The molecule has 6 aromatic carbocycles. The maximum Gasteiger partial charge on any atom is 0.268 e. The Morgan fingerprint density at radius 1 is 0.522 bits per heavy atom. The van der Waals surface area contributed by atoms with E-state index in [1.165, 1.54) is 4.90 Å². The Bertz CT molecular complexity index is 2480. The molecule has 2 amide bonds. The van der Waals surface area contributed by atoms with Crippen LogP contribution in [0.25, 0.3) is 49.7 Å². The van der Waals surface area contributed by atoms with Crippen molar-refractivity contribution in [3.05, 3.63) is 156 Å². The summed E-state index contributed by atoms with van der Waals surface area (Å²) in [5.41, 5.74) is 8.05. The van der Waals surface area contributed by atoms with Crippen molar-refractivity contribution in [2.75, 3.05) is 4.90 Å². The second-order valence-electron chi connectivity index (χ2n) is 11.1. The molecule has 1 aromatic heterocycles. The molecule has 0 bridgehead atoms. The lowest BCUT2D eigenvalue weighted by atomic mass is 9.97. The molecular formula is C40H22N4O2. The van der Waals surface area contributed by atoms with E-state index in [0.717, 1.165) is 44.1 Å². The van der Waals surface area contributed by atoms with E-state index in [9.17, 15) is 20.1 Å². The average molecular weight is 591 g/mol. The molecule has 214 valence electrons. The van der Waals surface area contributed by atoms with Crippen molar-refractivity contribution in [1.82, 2.24) is 4.57 Å². The van der Waals surface area contributed by atoms with Crippen LogP contribution in [0.4, 0.5) is 5.69 Å². The van der Waals surface area contributed by atoms with Crippen LogP contribution in [0.1, 0.15) is 31.8 Å². The number of amides is 2. The molecular weight excluding hydrogens is 568 g/mol. The maximum atomic E-state index is 14.2. The first-order valence-corrected chi connectivity index (χ1v) is 14.7. The first-order chi connectivity index (χ1) is 22.6. The van der Waals surface area contributed by atoms with E-state index in [4.69, 9.17) is 0 Å². The molecule has 0 unspecified atom stereocenters. The van der Waals surface area contributed by atoms with Crippen LogP contribution in [-0.4, -0.2) is 16.4 Å². The van der Waals surface area contributed by atoms with Gasteiger partial charge in [-0.2, -0.15) is 10.5 Å². The lowest BCUT2D eigenvalue weighted by Crippen LogP contribution is -2.29. The SMILES string of the molecule is N#Cc1ccc(-c2ccc3c(c2)c2ccccc2n3-c2cccc3c2C(=O)N(c2ccc(-c4ccccc4)cc2)C3=O)c(C#N)c1. The molecule has 0 saturated heterocycles. The Kier molecular flexibility index (Phi) is 6.10. The molecule has 0 N–H and O–H groups in total. The minimum Gasteiger partial charge on any atom is -0.308 e. The van der Waals surface area contributed by atoms with Gasteiger partial charge in [0.25, 0.3) is 11.8 Å². The minimum atomic E-state index is -0.373. The Hall–Kier alpha value is -6.76. The van der Waals surface area contributed by atoms with Crippen molar-refractivity contribution in [3.63, 3.8) is 0 Å². The molecule has 2 heterocycles. The number of aromatic nitrogens is 1. The first kappa shape index (κ1) is 26.8. The van der Waals surface area contributed by atoms with Crippen molar-refractivity contribution in [2.45, 2.75) is 0 Å². The van der Waals surface area contributed by atoms with Crippen molar-refractivity contribution in [1.29, 1.82) is 10.5 Å². The third-order valence-electron chi connectivity index (χ3n) is 8.62. The molecule has 0 saturated carbocycles. The Labute approximate surface area is 264 Å². The molecule has 0 spiro atoms. The van der Waals surface area contributed by atoms with Gasteiger partial charge in [0.05, 0.1) is 56.8 Å². The van der Waals surface area contributed by atoms with Crippen LogP contribution >= 0.6 is 0 Å². The quantitative estimate of drug-likeness (QED) is 0.192. The summed E-state index contributed by atoms with van der Waals surface area (Å²) in [5.74, 6) is -0.732. The van der Waals surface area contributed by atoms with Crippen LogP contribution in [0.5, 0.6) is 0 Å². The fraction of sp³-hybridized carbons (Fsp3) is 0. The number of hydrogen-bond acceptors (Lipinski definition) is 4. The van der Waals surface area contributed by atoms with Crippen LogP contribution in [0.15, 0.2) is 133 Å². The summed E-state index contributed by atoms with van der Waals surface area (Å²) in [5, 5.41) is 21.0. The number of hydrogen-bond donors (Lipinski definition) is 0. The van der Waals surface area contributed by atoms with E-state index in [0.29, 0.717) is 33.6 Å². The third-order valence-corrected chi connectivity index (χ3v) is 8.62. The average Bonchev–Trinajstić information content (AvgIpc) is 3.58. The van der Waals surface area contributed by atoms with Gasteiger partial charge in [-0.15, -0.1) is 0 Å². The topological polar surface area (TPSA) is 89.9 Å². The second kappa shape index (κ2) is 10.4. The van der Waals surface area contributed by atoms with Crippen molar-refractivity contribution in [3.8, 4) is 40.1 Å². The van der Waals surface area contributed by atoms with E-state index in [2.05, 4.69) is 12.1 Å². The van der Waals surface area contributed by atoms with Gasteiger partial charge in [-0.05, 0) is 76.9 Å². The summed E-state index contributed by atoms with van der Waals surface area (Å²) in [6.07, 6.45) is 0. The number of benzene rings is 6. The van der Waals surface area contributed by atoms with Gasteiger partial charge in [-0.25, -0.2) is 4.90 Å². The molecule has 1 aliphatic rings. The number of rotatable bonds is 4. The summed E-state index contributed by atoms with van der Waals surface area (Å²) in [7, 11) is 0. The predicted molar refractivity (Wildman–Crippen MR) is 179 cm³/mol. The Morgan fingerprint density at radius 2 is 1.24 bits per heavy atom. The highest BCUT2D eigenvalue weighted by atomic mass is 16.2. The number of carbonyl (C=O) groups excluding carboxylic acids is 2. The molecule has 0 aliphatic carbocycles. The standard InChI is InChI=1S/C40H22N4O2/c41-23-25-13-19-31(29(21-25)24-42)28-16-20-36-34(22-28)32-9-4-5-11-35(32)44(36)37-12-6-10-33-38(37)40(46)43(39(33)45)30-17-14-27(15-18-30)26-7-2-1-3-8-26/h1-22H. The van der Waals surface area contributed by atoms with Crippen LogP contribution in [0, 0.1) is 22.7 Å². The Balaban J connectivity index is 1.26. The number of para-hydroxylation sites is 1. The first-order valence-electron chi connectivity index (χ1n) is 14.7. The summed E-state index contributed by atoms with van der Waals surface area (Å²) in [6, 6.07) is 46.1. The van der Waals surface area contributed by atoms with Crippen molar-refractivity contribution in [2.24, 2.45) is 0 Å². The summed E-state index contributed by atoms with van der Waals surface area (Å²) in [6.45, 7) is 0. The van der Waals surface area contributed by atoms with Gasteiger partial charge in [-0.1, -0.05) is 78.9 Å². The fourth-order valence-corrected chi connectivity index (χ4v) is 6.48. The van der Waals surface area contributed by atoms with Crippen LogP contribution in [-0.2, 0) is 0 Å². The smallest absolute Gasteiger partial charge is 0.268 e. The van der Waals surface area contributed by atoms with Gasteiger partial charge in [0.15, 0.2) is 0 Å². The summed E-state index contributed by atoms with van der Waals surface area (Å²) < 4.78 is 2.03. The molecule has 0 atom stereocenters. The van der Waals surface area contributed by atoms with Crippen molar-refractivity contribution < 1.29 is 9.59 Å². The van der Waals surface area contributed by atoms with Crippen LogP contribution in [0.3, 0.4) is 0 Å². The zero-order chi connectivity index (χ0) is 31.4. The van der Waals surface area contributed by atoms with Gasteiger partial charge in [0.1, 0.15) is 0 Å². The number of fused-ring (bicyclic) bond motifs is 4. The number of carbonyl (C=O) groups is 2. The minimum absolute atomic E-state index is 0.352. The second-order valence-corrected chi connectivity index (χ2v) is 11.1. The molecule has 46 heavy (non-hydrogen) atoms. The highest BCUT2D eigenvalue weighted by Crippen LogP contribution is 2.39. The number of nitriles is 2. The molecule has 0 radical (unpaired) electrons. The van der Waals surface area contributed by atoms with Gasteiger partial charge in [0, 0.05) is 10.8 Å². The highest BCUT2D eigenvalue weighted by Gasteiger charge is 2.39. The van der Waals surface area contributed by atoms with Crippen molar-refractivity contribution >= 4 is 39.3 Å². The Morgan fingerprint density at radius 3 is 2.02 bits per heavy atom. The highest BCUT2D eigenvalue weighted by molar-refractivity contribution is 6.35. The summed E-state index contributed by atoms with van der Waals surface area (Å²) in [4.78, 5) is 29.2. The van der Waals surface area contributed by atoms with E-state index >= 15 is 0 Å². The fourth-order valence-electron chi connectivity index (χ4n) is 6.48. The number of nitrogens with zero attached hydrogens (tertiary/aromatic N) is 4. The van der Waals surface area contributed by atoms with Crippen LogP contribution < -0.4 is 4.90 Å². The number of imide groups is 1. The third kappa shape index (κ3) is 4.02. The lowest BCUT2D eigenvalue weighted by molar-refractivity contribution is 0.0926. The van der Waals surface area contributed by atoms with E-state index in [1.807, 2.05) is 114 Å². The lowest BCUT2D eigenvalue weighted by Gasteiger charge is -2.15. The van der Waals surface area contributed by atoms with Crippen LogP contribution in [0.2, 0.25) is 0 Å².